The third-order valence-corrected chi connectivity index (χ3v) is 5.81. The summed E-state index contributed by atoms with van der Waals surface area (Å²) < 4.78 is 34.4. The SMILES string of the molecule is COc1cn(-c2ccccc2)nc1C(=O)OCC(=O)N[C@H]1CCS(=O)(=O)C1. The van der Waals surface area contributed by atoms with Gasteiger partial charge in [-0.25, -0.2) is 17.9 Å². The number of sulfone groups is 1. The van der Waals surface area contributed by atoms with Gasteiger partial charge in [0.1, 0.15) is 0 Å². The fraction of sp³-hybridized carbons (Fsp3) is 0.353. The van der Waals surface area contributed by atoms with Gasteiger partial charge in [-0.05, 0) is 18.6 Å². The first kappa shape index (κ1) is 18.9. The highest BCUT2D eigenvalue weighted by Gasteiger charge is 2.29. The van der Waals surface area contributed by atoms with Crippen molar-refractivity contribution in [1.29, 1.82) is 0 Å². The normalized spacial score (nSPS) is 18.0. The van der Waals surface area contributed by atoms with Crippen molar-refractivity contribution in [3.63, 3.8) is 0 Å². The molecule has 0 radical (unpaired) electrons. The van der Waals surface area contributed by atoms with E-state index in [1.54, 1.807) is 0 Å². The summed E-state index contributed by atoms with van der Waals surface area (Å²) in [5.41, 5.74) is 0.674. The van der Waals surface area contributed by atoms with Crippen molar-refractivity contribution >= 4 is 21.7 Å². The van der Waals surface area contributed by atoms with Gasteiger partial charge < -0.3 is 14.8 Å². The zero-order valence-corrected chi connectivity index (χ0v) is 15.4. The fourth-order valence-electron chi connectivity index (χ4n) is 2.74. The maximum Gasteiger partial charge on any atom is 0.363 e. The van der Waals surface area contributed by atoms with Crippen LogP contribution in [-0.4, -0.2) is 61.3 Å². The molecule has 27 heavy (non-hydrogen) atoms. The number of carbonyl (C=O) groups is 2. The first-order valence-corrected chi connectivity index (χ1v) is 10.1. The summed E-state index contributed by atoms with van der Waals surface area (Å²) in [6, 6.07) is 8.68. The number of hydrogen-bond donors (Lipinski definition) is 1. The van der Waals surface area contributed by atoms with Crippen molar-refractivity contribution in [2.24, 2.45) is 0 Å². The maximum atomic E-state index is 12.3. The van der Waals surface area contributed by atoms with Crippen LogP contribution in [0.3, 0.4) is 0 Å². The number of methoxy groups -OCH3 is 1. The van der Waals surface area contributed by atoms with Gasteiger partial charge in [0.2, 0.25) is 5.69 Å². The molecule has 144 valence electrons. The Morgan fingerprint density at radius 2 is 2.04 bits per heavy atom. The molecule has 1 aliphatic heterocycles. The van der Waals surface area contributed by atoms with Gasteiger partial charge in [-0.3, -0.25) is 4.79 Å². The van der Waals surface area contributed by atoms with Crippen LogP contribution in [0.1, 0.15) is 16.9 Å². The van der Waals surface area contributed by atoms with Gasteiger partial charge in [0, 0.05) is 6.04 Å². The lowest BCUT2D eigenvalue weighted by atomic mass is 10.2. The lowest BCUT2D eigenvalue weighted by Gasteiger charge is -2.10. The summed E-state index contributed by atoms with van der Waals surface area (Å²) in [5, 5.41) is 6.71. The Balaban J connectivity index is 1.61. The Morgan fingerprint density at radius 3 is 2.67 bits per heavy atom. The van der Waals surface area contributed by atoms with Crippen molar-refractivity contribution in [2.75, 3.05) is 25.2 Å². The molecule has 1 atom stereocenters. The van der Waals surface area contributed by atoms with Crippen LogP contribution in [0.5, 0.6) is 5.75 Å². The molecule has 10 heteroatoms. The van der Waals surface area contributed by atoms with Crippen LogP contribution in [0, 0.1) is 0 Å². The van der Waals surface area contributed by atoms with E-state index in [2.05, 4.69) is 10.4 Å². The van der Waals surface area contributed by atoms with E-state index in [0.29, 0.717) is 6.42 Å². The van der Waals surface area contributed by atoms with Gasteiger partial charge in [-0.2, -0.15) is 5.10 Å². The minimum atomic E-state index is -3.10. The monoisotopic (exact) mass is 393 g/mol. The van der Waals surface area contributed by atoms with Crippen LogP contribution in [-0.2, 0) is 19.4 Å². The molecule has 9 nitrogen and oxygen atoms in total. The lowest BCUT2D eigenvalue weighted by molar-refractivity contribution is -0.124. The Morgan fingerprint density at radius 1 is 1.30 bits per heavy atom. The molecule has 1 aromatic carbocycles. The number of nitrogens with one attached hydrogen (secondary N) is 1. The Kier molecular flexibility index (Phi) is 5.45. The zero-order chi connectivity index (χ0) is 19.4. The molecule has 1 saturated heterocycles. The van der Waals surface area contributed by atoms with E-state index in [4.69, 9.17) is 9.47 Å². The van der Waals surface area contributed by atoms with E-state index in [-0.39, 0.29) is 22.9 Å². The Labute approximate surface area is 156 Å². The molecular formula is C17H19N3O6S. The third-order valence-electron chi connectivity index (χ3n) is 4.05. The third kappa shape index (κ3) is 4.64. The second kappa shape index (κ2) is 7.78. The van der Waals surface area contributed by atoms with Crippen LogP contribution in [0.25, 0.3) is 5.69 Å². The minimum absolute atomic E-state index is 0.0475. The molecule has 1 aliphatic rings. The summed E-state index contributed by atoms with van der Waals surface area (Å²) >= 11 is 0. The first-order chi connectivity index (χ1) is 12.9. The molecule has 0 unspecified atom stereocenters. The van der Waals surface area contributed by atoms with Crippen molar-refractivity contribution in [3.8, 4) is 11.4 Å². The van der Waals surface area contributed by atoms with Gasteiger partial charge in [-0.15, -0.1) is 0 Å². The second-order valence-electron chi connectivity index (χ2n) is 6.07. The number of carbonyl (C=O) groups excluding carboxylic acids is 2. The van der Waals surface area contributed by atoms with Crippen LogP contribution < -0.4 is 10.1 Å². The Hall–Kier alpha value is -2.88. The van der Waals surface area contributed by atoms with Gasteiger partial charge in [0.15, 0.2) is 22.2 Å². The van der Waals surface area contributed by atoms with Gasteiger partial charge in [-0.1, -0.05) is 18.2 Å². The average molecular weight is 393 g/mol. The highest BCUT2D eigenvalue weighted by Crippen LogP contribution is 2.20. The summed E-state index contributed by atoms with van der Waals surface area (Å²) in [7, 11) is -1.70. The number of benzene rings is 1. The smallest absolute Gasteiger partial charge is 0.363 e. The quantitative estimate of drug-likeness (QED) is 0.704. The molecule has 0 saturated carbocycles. The molecule has 0 spiro atoms. The molecule has 0 bridgehead atoms. The molecule has 2 heterocycles. The largest absolute Gasteiger partial charge is 0.493 e. The number of amides is 1. The fourth-order valence-corrected chi connectivity index (χ4v) is 4.41. The van der Waals surface area contributed by atoms with E-state index >= 15 is 0 Å². The number of aromatic nitrogens is 2. The number of rotatable bonds is 6. The van der Waals surface area contributed by atoms with Crippen molar-refractivity contribution in [1.82, 2.24) is 15.1 Å². The van der Waals surface area contributed by atoms with E-state index in [9.17, 15) is 18.0 Å². The van der Waals surface area contributed by atoms with E-state index < -0.39 is 34.4 Å². The lowest BCUT2D eigenvalue weighted by Crippen LogP contribution is -2.38. The number of nitrogens with zero attached hydrogens (tertiary/aromatic N) is 2. The molecule has 1 fully saturated rings. The number of para-hydroxylation sites is 1. The molecular weight excluding hydrogens is 374 g/mol. The molecule has 1 aromatic heterocycles. The van der Waals surface area contributed by atoms with E-state index in [1.165, 1.54) is 18.0 Å². The van der Waals surface area contributed by atoms with Gasteiger partial charge in [0.25, 0.3) is 5.91 Å². The van der Waals surface area contributed by atoms with Crippen LogP contribution in [0.2, 0.25) is 0 Å². The summed E-state index contributed by atoms with van der Waals surface area (Å²) in [4.78, 5) is 24.1. The topological polar surface area (TPSA) is 117 Å². The minimum Gasteiger partial charge on any atom is -0.493 e. The van der Waals surface area contributed by atoms with E-state index in [0.717, 1.165) is 5.69 Å². The number of hydrogen-bond acceptors (Lipinski definition) is 7. The highest BCUT2D eigenvalue weighted by atomic mass is 32.2. The number of ether oxygens (including phenoxy) is 2. The molecule has 1 N–H and O–H groups in total. The Bertz CT molecular complexity index is 939. The van der Waals surface area contributed by atoms with Crippen molar-refractivity contribution in [3.05, 3.63) is 42.2 Å². The summed E-state index contributed by atoms with van der Waals surface area (Å²) in [6.07, 6.45) is 1.90. The predicted octanol–water partition coefficient (Wildman–Crippen LogP) is 0.341. The molecule has 3 rings (SSSR count). The number of esters is 1. The highest BCUT2D eigenvalue weighted by molar-refractivity contribution is 7.91. The van der Waals surface area contributed by atoms with Gasteiger partial charge in [0.05, 0.1) is 30.5 Å². The maximum absolute atomic E-state index is 12.3. The van der Waals surface area contributed by atoms with Crippen LogP contribution in [0.4, 0.5) is 0 Å². The van der Waals surface area contributed by atoms with Crippen molar-refractivity contribution < 1.29 is 27.5 Å². The predicted molar refractivity (Wildman–Crippen MR) is 95.6 cm³/mol. The molecule has 2 aromatic rings. The average Bonchev–Trinajstić information content (AvgIpc) is 3.23. The van der Waals surface area contributed by atoms with Gasteiger partial charge >= 0.3 is 5.97 Å². The first-order valence-electron chi connectivity index (χ1n) is 8.24. The molecule has 1 amide bonds. The standard InChI is InChI=1S/C17H19N3O6S/c1-25-14-9-20(13-5-3-2-4-6-13)19-16(14)17(22)26-10-15(21)18-12-7-8-27(23,24)11-12/h2-6,9,12H,7-8,10-11H2,1H3,(H,18,21)/t12-/m0/s1. The second-order valence-corrected chi connectivity index (χ2v) is 8.30. The molecule has 0 aliphatic carbocycles. The van der Waals surface area contributed by atoms with Crippen LogP contribution in [0.15, 0.2) is 36.5 Å². The van der Waals surface area contributed by atoms with Crippen molar-refractivity contribution in [2.45, 2.75) is 12.5 Å². The van der Waals surface area contributed by atoms with E-state index in [1.807, 2.05) is 30.3 Å². The summed E-state index contributed by atoms with van der Waals surface area (Å²) in [5.74, 6) is -1.21. The zero-order valence-electron chi connectivity index (χ0n) is 14.6. The summed E-state index contributed by atoms with van der Waals surface area (Å²) in [6.45, 7) is -0.531. The van der Waals surface area contributed by atoms with Crippen LogP contribution >= 0.6 is 0 Å².